The highest BCUT2D eigenvalue weighted by molar-refractivity contribution is 7.90. The van der Waals surface area contributed by atoms with E-state index in [1.165, 1.54) is 0 Å². The van der Waals surface area contributed by atoms with Crippen LogP contribution in [0.5, 0.6) is 0 Å². The van der Waals surface area contributed by atoms with E-state index in [1.54, 1.807) is 0 Å². The van der Waals surface area contributed by atoms with Gasteiger partial charge in [0.25, 0.3) is 0 Å². The fourth-order valence-corrected chi connectivity index (χ4v) is 5.27. The van der Waals surface area contributed by atoms with Crippen molar-refractivity contribution in [3.05, 3.63) is 78.0 Å². The zero-order chi connectivity index (χ0) is 24.4. The van der Waals surface area contributed by atoms with Crippen LogP contribution in [0.1, 0.15) is 37.6 Å². The molecule has 0 spiro atoms. The number of benzene rings is 2. The molecule has 182 valence electrons. The number of β-amino-alcohol motifs (C(OH)–C–C–N with tert-alkyl or cyclic N) is 1. The highest BCUT2D eigenvalue weighted by atomic mass is 32.2. The number of rotatable bonds is 8. The highest BCUT2D eigenvalue weighted by Gasteiger charge is 2.27. The number of aliphatic hydroxyl groups excluding tert-OH is 1. The molecule has 4 aromatic rings. The number of aromatic nitrogens is 2. The standard InChI is InChI=1S/C27H30N4O3S/c1-18(2)35(33)30-24(16-19-8-7-13-26(28-19)31-15-14-20(32)17-31)21-9-3-4-10-22(21)27-23-11-5-6-12-25(23)34-29-27/h3-13,18,20,24,30,32H,14-17H2,1-2H3/t20-,24-,35?/m0/s1. The summed E-state index contributed by atoms with van der Waals surface area (Å²) >= 11 is -1.24. The van der Waals surface area contributed by atoms with Crippen molar-refractivity contribution in [3.63, 3.8) is 0 Å². The van der Waals surface area contributed by atoms with Crippen molar-refractivity contribution in [2.75, 3.05) is 18.0 Å². The van der Waals surface area contributed by atoms with Gasteiger partial charge in [0.15, 0.2) is 5.58 Å². The molecular formula is C27H30N4O3S. The Bertz CT molecular complexity index is 1290. The number of aliphatic hydroxyl groups is 1. The molecule has 8 heteroatoms. The van der Waals surface area contributed by atoms with Crippen molar-refractivity contribution in [2.45, 2.75) is 44.1 Å². The molecule has 1 fully saturated rings. The molecule has 2 N–H and O–H groups in total. The first-order chi connectivity index (χ1) is 17.0. The van der Waals surface area contributed by atoms with Crippen LogP contribution in [-0.4, -0.2) is 44.2 Å². The quantitative estimate of drug-likeness (QED) is 0.353. The van der Waals surface area contributed by atoms with E-state index in [0.717, 1.165) is 52.3 Å². The maximum absolute atomic E-state index is 12.9. The minimum Gasteiger partial charge on any atom is -0.598 e. The average molecular weight is 491 g/mol. The fraction of sp³-hybridized carbons (Fsp3) is 0.333. The molecule has 2 aromatic carbocycles. The molecule has 0 radical (unpaired) electrons. The molecule has 3 heterocycles. The van der Waals surface area contributed by atoms with Crippen molar-refractivity contribution in [1.82, 2.24) is 14.9 Å². The van der Waals surface area contributed by atoms with Gasteiger partial charge in [-0.3, -0.25) is 0 Å². The predicted octanol–water partition coefficient (Wildman–Crippen LogP) is 4.41. The lowest BCUT2D eigenvalue weighted by Crippen LogP contribution is -2.35. The highest BCUT2D eigenvalue weighted by Crippen LogP contribution is 2.34. The minimum atomic E-state index is -1.24. The van der Waals surface area contributed by atoms with Gasteiger partial charge in [-0.2, -0.15) is 0 Å². The van der Waals surface area contributed by atoms with E-state index >= 15 is 0 Å². The van der Waals surface area contributed by atoms with Crippen molar-refractivity contribution < 1.29 is 14.2 Å². The summed E-state index contributed by atoms with van der Waals surface area (Å²) in [6.45, 7) is 5.26. The van der Waals surface area contributed by atoms with E-state index in [9.17, 15) is 9.66 Å². The molecule has 0 amide bonds. The second-order valence-electron chi connectivity index (χ2n) is 9.21. The van der Waals surface area contributed by atoms with Gasteiger partial charge in [0.1, 0.15) is 16.8 Å². The molecule has 7 nitrogen and oxygen atoms in total. The molecule has 35 heavy (non-hydrogen) atoms. The SMILES string of the molecule is CC(C)[S+]([O-])N[C@@H](Cc1cccc(N2CC[C@H](O)C2)n1)c1ccccc1-c1noc2ccccc12. The first kappa shape index (κ1) is 23.8. The van der Waals surface area contributed by atoms with Crippen LogP contribution in [0.15, 0.2) is 71.3 Å². The lowest BCUT2D eigenvalue weighted by Gasteiger charge is -2.24. The van der Waals surface area contributed by atoms with Crippen molar-refractivity contribution in [2.24, 2.45) is 0 Å². The van der Waals surface area contributed by atoms with Crippen molar-refractivity contribution >= 4 is 28.1 Å². The Kier molecular flexibility index (Phi) is 7.06. The molecule has 0 aliphatic carbocycles. The summed E-state index contributed by atoms with van der Waals surface area (Å²) in [5.74, 6) is 0.860. The van der Waals surface area contributed by atoms with Gasteiger partial charge in [0, 0.05) is 47.5 Å². The van der Waals surface area contributed by atoms with Gasteiger partial charge < -0.3 is 19.1 Å². The number of hydrogen-bond acceptors (Lipinski definition) is 7. The van der Waals surface area contributed by atoms with Gasteiger partial charge in [0.2, 0.25) is 0 Å². The molecular weight excluding hydrogens is 460 g/mol. The van der Waals surface area contributed by atoms with E-state index in [-0.39, 0.29) is 17.4 Å². The van der Waals surface area contributed by atoms with Crippen molar-refractivity contribution in [3.8, 4) is 11.3 Å². The van der Waals surface area contributed by atoms with E-state index in [4.69, 9.17) is 9.51 Å². The van der Waals surface area contributed by atoms with Crippen LogP contribution < -0.4 is 9.62 Å². The number of fused-ring (bicyclic) bond motifs is 1. The smallest absolute Gasteiger partial charge is 0.167 e. The topological polar surface area (TPSA) is 97.5 Å². The summed E-state index contributed by atoms with van der Waals surface area (Å²) in [5, 5.41) is 15.2. The van der Waals surface area contributed by atoms with Gasteiger partial charge in [-0.15, -0.1) is 4.72 Å². The molecule has 1 saturated heterocycles. The third-order valence-electron chi connectivity index (χ3n) is 6.35. The second kappa shape index (κ2) is 10.4. The van der Waals surface area contributed by atoms with E-state index in [0.29, 0.717) is 13.0 Å². The molecule has 1 unspecified atom stereocenters. The van der Waals surface area contributed by atoms with Crippen LogP contribution in [0.25, 0.3) is 22.2 Å². The van der Waals surface area contributed by atoms with Crippen LogP contribution in [0.4, 0.5) is 5.82 Å². The summed E-state index contributed by atoms with van der Waals surface area (Å²) in [6.07, 6.45) is 0.991. The molecule has 5 rings (SSSR count). The first-order valence-corrected chi connectivity index (χ1v) is 13.2. The fourth-order valence-electron chi connectivity index (χ4n) is 4.50. The molecule has 0 bridgehead atoms. The monoisotopic (exact) mass is 490 g/mol. The van der Waals surface area contributed by atoms with E-state index in [1.807, 2.05) is 74.5 Å². The Morgan fingerprint density at radius 1 is 1.11 bits per heavy atom. The molecule has 1 aliphatic rings. The van der Waals surface area contributed by atoms with Gasteiger partial charge >= 0.3 is 0 Å². The number of hydrogen-bond donors (Lipinski definition) is 2. The van der Waals surface area contributed by atoms with E-state index < -0.39 is 11.4 Å². The van der Waals surface area contributed by atoms with Crippen LogP contribution >= 0.6 is 0 Å². The Labute approximate surface area is 208 Å². The second-order valence-corrected chi connectivity index (χ2v) is 11.0. The summed E-state index contributed by atoms with van der Waals surface area (Å²) in [7, 11) is 0. The largest absolute Gasteiger partial charge is 0.598 e. The molecule has 2 aromatic heterocycles. The number of nitrogens with one attached hydrogen (secondary N) is 1. The number of nitrogens with zero attached hydrogens (tertiary/aromatic N) is 3. The third kappa shape index (κ3) is 5.21. The van der Waals surface area contributed by atoms with Gasteiger partial charge in [0.05, 0.1) is 12.1 Å². The number of pyridine rings is 1. The third-order valence-corrected chi connectivity index (χ3v) is 7.72. The zero-order valence-electron chi connectivity index (χ0n) is 19.9. The van der Waals surface area contributed by atoms with Gasteiger partial charge in [-0.25, -0.2) is 4.98 Å². The summed E-state index contributed by atoms with van der Waals surface area (Å²) in [4.78, 5) is 7.00. The van der Waals surface area contributed by atoms with E-state index in [2.05, 4.69) is 20.8 Å². The molecule has 1 aliphatic heterocycles. The Balaban J connectivity index is 1.51. The Morgan fingerprint density at radius 3 is 2.71 bits per heavy atom. The van der Waals surface area contributed by atoms with Crippen LogP contribution in [0.3, 0.4) is 0 Å². The molecule has 0 saturated carbocycles. The Hall–Kier alpha value is -2.91. The van der Waals surface area contributed by atoms with Gasteiger partial charge in [-0.05, 0) is 50.1 Å². The van der Waals surface area contributed by atoms with Gasteiger partial charge in [-0.1, -0.05) is 47.6 Å². The molecule has 3 atom stereocenters. The summed E-state index contributed by atoms with van der Waals surface area (Å²) in [6, 6.07) is 21.6. The van der Waals surface area contributed by atoms with Crippen LogP contribution in [0, 0.1) is 0 Å². The maximum Gasteiger partial charge on any atom is 0.167 e. The average Bonchev–Trinajstić information content (AvgIpc) is 3.50. The predicted molar refractivity (Wildman–Crippen MR) is 139 cm³/mol. The van der Waals surface area contributed by atoms with Crippen molar-refractivity contribution in [1.29, 1.82) is 0 Å². The maximum atomic E-state index is 12.9. The number of anilines is 1. The number of para-hydroxylation sites is 1. The lowest BCUT2D eigenvalue weighted by molar-refractivity contribution is 0.198. The van der Waals surface area contributed by atoms with Crippen LogP contribution in [-0.2, 0) is 17.8 Å². The van der Waals surface area contributed by atoms with Crippen LogP contribution in [0.2, 0.25) is 0 Å². The normalized spacial score (nSPS) is 17.9. The lowest BCUT2D eigenvalue weighted by atomic mass is 9.94. The minimum absolute atomic E-state index is 0.0390. The first-order valence-electron chi connectivity index (χ1n) is 12.0. The zero-order valence-corrected chi connectivity index (χ0v) is 20.7. The Morgan fingerprint density at radius 2 is 1.91 bits per heavy atom. The summed E-state index contributed by atoms with van der Waals surface area (Å²) < 4.78 is 21.9. The summed E-state index contributed by atoms with van der Waals surface area (Å²) in [5.41, 5.74) is 4.32.